The fraction of sp³-hybridized carbons (Fsp3) is 0. The lowest BCUT2D eigenvalue weighted by Gasteiger charge is -2.08. The van der Waals surface area contributed by atoms with E-state index in [0.29, 0.717) is 4.47 Å². The van der Waals surface area contributed by atoms with Gasteiger partial charge in [0.05, 0.1) is 4.92 Å². The van der Waals surface area contributed by atoms with Crippen molar-refractivity contribution in [3.63, 3.8) is 0 Å². The van der Waals surface area contributed by atoms with Crippen LogP contribution in [0.1, 0.15) is 10.4 Å². The third-order valence-corrected chi connectivity index (χ3v) is 2.81. The number of benzene rings is 1. The Morgan fingerprint density at radius 1 is 1.43 bits per heavy atom. The van der Waals surface area contributed by atoms with E-state index in [0.717, 1.165) is 18.2 Å². The van der Waals surface area contributed by atoms with Crippen molar-refractivity contribution >= 4 is 27.6 Å². The van der Waals surface area contributed by atoms with Gasteiger partial charge in [-0.1, -0.05) is 0 Å². The SMILES string of the molecule is O=C(O)c1cc(Br)cnc1Oc1cc(F)ccc1[N+](=O)[O-]. The molecule has 0 spiro atoms. The van der Waals surface area contributed by atoms with Gasteiger partial charge in [-0.15, -0.1) is 0 Å². The smallest absolute Gasteiger partial charge is 0.341 e. The highest BCUT2D eigenvalue weighted by molar-refractivity contribution is 9.10. The molecule has 1 heterocycles. The second-order valence-corrected chi connectivity index (χ2v) is 4.70. The van der Waals surface area contributed by atoms with Crippen molar-refractivity contribution < 1.29 is 24.0 Å². The first-order chi connectivity index (χ1) is 9.88. The minimum Gasteiger partial charge on any atom is -0.477 e. The van der Waals surface area contributed by atoms with E-state index in [4.69, 9.17) is 9.84 Å². The van der Waals surface area contributed by atoms with E-state index in [9.17, 15) is 19.3 Å². The number of carboxylic acids is 1. The van der Waals surface area contributed by atoms with Gasteiger partial charge < -0.3 is 9.84 Å². The van der Waals surface area contributed by atoms with Crippen LogP contribution in [0, 0.1) is 15.9 Å². The van der Waals surface area contributed by atoms with Crippen LogP contribution in [0.4, 0.5) is 10.1 Å². The van der Waals surface area contributed by atoms with Crippen LogP contribution in [0.3, 0.4) is 0 Å². The number of hydrogen-bond acceptors (Lipinski definition) is 5. The summed E-state index contributed by atoms with van der Waals surface area (Å²) in [6.45, 7) is 0. The number of aromatic carboxylic acids is 1. The number of nitro benzene ring substituents is 1. The zero-order chi connectivity index (χ0) is 15.6. The summed E-state index contributed by atoms with van der Waals surface area (Å²) in [6.07, 6.45) is 1.26. The Hall–Kier alpha value is -2.55. The van der Waals surface area contributed by atoms with Crippen LogP contribution in [-0.2, 0) is 0 Å². The average molecular weight is 357 g/mol. The molecule has 0 saturated heterocycles. The van der Waals surface area contributed by atoms with Gasteiger partial charge in [-0.05, 0) is 28.1 Å². The average Bonchev–Trinajstić information content (AvgIpc) is 2.40. The summed E-state index contributed by atoms with van der Waals surface area (Å²) in [5, 5.41) is 19.9. The molecule has 0 aliphatic rings. The zero-order valence-corrected chi connectivity index (χ0v) is 11.7. The molecule has 0 saturated carbocycles. The topological polar surface area (TPSA) is 103 Å². The maximum Gasteiger partial charge on any atom is 0.341 e. The predicted octanol–water partition coefficient (Wildman–Crippen LogP) is 3.38. The third-order valence-electron chi connectivity index (χ3n) is 2.37. The number of rotatable bonds is 4. The molecule has 0 atom stereocenters. The Bertz CT molecular complexity index is 738. The number of aromatic nitrogens is 1. The van der Waals surface area contributed by atoms with Gasteiger partial charge in [0.25, 0.3) is 0 Å². The Balaban J connectivity index is 2.50. The van der Waals surface area contributed by atoms with Crippen molar-refractivity contribution in [2.24, 2.45) is 0 Å². The van der Waals surface area contributed by atoms with Crippen molar-refractivity contribution in [3.05, 3.63) is 56.4 Å². The van der Waals surface area contributed by atoms with Crippen molar-refractivity contribution in [2.45, 2.75) is 0 Å². The molecular weight excluding hydrogens is 351 g/mol. The quantitative estimate of drug-likeness (QED) is 0.665. The van der Waals surface area contributed by atoms with Crippen LogP contribution < -0.4 is 4.74 Å². The second kappa shape index (κ2) is 5.83. The van der Waals surface area contributed by atoms with Crippen LogP contribution in [0.25, 0.3) is 0 Å². The van der Waals surface area contributed by atoms with Gasteiger partial charge in [0.1, 0.15) is 11.4 Å². The second-order valence-electron chi connectivity index (χ2n) is 3.78. The first-order valence-electron chi connectivity index (χ1n) is 5.39. The standard InChI is InChI=1S/C12H6BrFN2O5/c13-6-3-8(12(17)18)11(15-5-6)21-10-4-7(14)1-2-9(10)16(19)20/h1-5H,(H,17,18). The van der Waals surface area contributed by atoms with E-state index in [1.54, 1.807) is 0 Å². The molecule has 1 aromatic heterocycles. The van der Waals surface area contributed by atoms with Gasteiger partial charge in [-0.2, -0.15) is 0 Å². The number of nitro groups is 1. The maximum absolute atomic E-state index is 13.2. The molecule has 0 aliphatic heterocycles. The highest BCUT2D eigenvalue weighted by atomic mass is 79.9. The molecule has 9 heteroatoms. The minimum absolute atomic E-state index is 0.317. The van der Waals surface area contributed by atoms with Crippen molar-refractivity contribution in [3.8, 4) is 11.6 Å². The van der Waals surface area contributed by atoms with Crippen molar-refractivity contribution in [2.75, 3.05) is 0 Å². The van der Waals surface area contributed by atoms with Crippen molar-refractivity contribution in [1.29, 1.82) is 0 Å². The number of ether oxygens (including phenoxy) is 1. The summed E-state index contributed by atoms with van der Waals surface area (Å²) < 4.78 is 18.7. The van der Waals surface area contributed by atoms with Gasteiger partial charge >= 0.3 is 11.7 Å². The van der Waals surface area contributed by atoms with Crippen LogP contribution in [0.2, 0.25) is 0 Å². The summed E-state index contributed by atoms with van der Waals surface area (Å²) in [5.74, 6) is -2.90. The van der Waals surface area contributed by atoms with E-state index in [2.05, 4.69) is 20.9 Å². The Morgan fingerprint density at radius 2 is 2.14 bits per heavy atom. The first kappa shape index (κ1) is 14.9. The van der Waals surface area contributed by atoms with E-state index >= 15 is 0 Å². The number of halogens is 2. The summed E-state index contributed by atoms with van der Waals surface area (Å²) in [7, 11) is 0. The number of nitrogens with zero attached hydrogens (tertiary/aromatic N) is 2. The number of carbonyl (C=O) groups is 1. The zero-order valence-electron chi connectivity index (χ0n) is 10.1. The lowest BCUT2D eigenvalue weighted by molar-refractivity contribution is -0.385. The van der Waals surface area contributed by atoms with Gasteiger partial charge in [-0.3, -0.25) is 10.1 Å². The molecule has 7 nitrogen and oxygen atoms in total. The van der Waals surface area contributed by atoms with E-state index < -0.39 is 28.1 Å². The van der Waals surface area contributed by atoms with Crippen LogP contribution >= 0.6 is 15.9 Å². The van der Waals surface area contributed by atoms with Crippen LogP contribution in [-0.4, -0.2) is 21.0 Å². The molecule has 0 radical (unpaired) electrons. The van der Waals surface area contributed by atoms with Gasteiger partial charge in [0, 0.05) is 22.8 Å². The molecule has 2 rings (SSSR count). The van der Waals surface area contributed by atoms with Gasteiger partial charge in [-0.25, -0.2) is 14.2 Å². The molecule has 0 fully saturated rings. The molecular formula is C12H6BrFN2O5. The third kappa shape index (κ3) is 3.31. The molecule has 0 bridgehead atoms. The van der Waals surface area contributed by atoms with Gasteiger partial charge in [0.2, 0.25) is 11.6 Å². The molecule has 21 heavy (non-hydrogen) atoms. The molecule has 0 unspecified atom stereocenters. The summed E-state index contributed by atoms with van der Waals surface area (Å²) in [4.78, 5) is 24.9. The minimum atomic E-state index is -1.34. The Kier molecular flexibility index (Phi) is 4.13. The number of hydrogen-bond donors (Lipinski definition) is 1. The molecule has 2 aromatic rings. The number of carboxylic acid groups (broad SMARTS) is 1. The lowest BCUT2D eigenvalue weighted by atomic mass is 10.2. The fourth-order valence-electron chi connectivity index (χ4n) is 1.49. The molecule has 0 amide bonds. The Labute approximate surface area is 125 Å². The fourth-order valence-corrected chi connectivity index (χ4v) is 1.82. The predicted molar refractivity (Wildman–Crippen MR) is 72.0 cm³/mol. The molecule has 1 aromatic carbocycles. The molecule has 1 N–H and O–H groups in total. The van der Waals surface area contributed by atoms with E-state index in [1.165, 1.54) is 12.3 Å². The van der Waals surface area contributed by atoms with Gasteiger partial charge in [0.15, 0.2) is 0 Å². The summed E-state index contributed by atoms with van der Waals surface area (Å²) in [5.41, 5.74) is -0.819. The Morgan fingerprint density at radius 3 is 2.76 bits per heavy atom. The van der Waals surface area contributed by atoms with E-state index in [-0.39, 0.29) is 11.4 Å². The van der Waals surface area contributed by atoms with Crippen LogP contribution in [0.5, 0.6) is 11.6 Å². The molecule has 0 aliphatic carbocycles. The normalized spacial score (nSPS) is 10.2. The monoisotopic (exact) mass is 356 g/mol. The first-order valence-corrected chi connectivity index (χ1v) is 6.18. The maximum atomic E-state index is 13.2. The van der Waals surface area contributed by atoms with Crippen LogP contribution in [0.15, 0.2) is 34.9 Å². The molecule has 108 valence electrons. The van der Waals surface area contributed by atoms with Crippen molar-refractivity contribution in [1.82, 2.24) is 4.98 Å². The largest absolute Gasteiger partial charge is 0.477 e. The number of pyridine rings is 1. The highest BCUT2D eigenvalue weighted by Crippen LogP contribution is 2.33. The van der Waals surface area contributed by atoms with E-state index in [1.807, 2.05) is 0 Å². The highest BCUT2D eigenvalue weighted by Gasteiger charge is 2.21. The summed E-state index contributed by atoms with van der Waals surface area (Å²) >= 11 is 3.05. The lowest BCUT2D eigenvalue weighted by Crippen LogP contribution is -2.03. The summed E-state index contributed by atoms with van der Waals surface area (Å²) in [6, 6.07) is 3.82.